The third-order valence-corrected chi connectivity index (χ3v) is 2.19. The van der Waals surface area contributed by atoms with Gasteiger partial charge in [-0.15, -0.1) is 0 Å². The van der Waals surface area contributed by atoms with Crippen LogP contribution in [-0.4, -0.2) is 39.9 Å². The van der Waals surface area contributed by atoms with Gasteiger partial charge in [0.1, 0.15) is 0 Å². The number of nitrogens with two attached hydrogens (primary N) is 2. The van der Waals surface area contributed by atoms with Gasteiger partial charge in [0.05, 0.1) is 0 Å². The number of carboxylic acids is 1. The van der Waals surface area contributed by atoms with Crippen LogP contribution in [0.4, 0.5) is 0 Å². The number of aliphatic carboxylic acids is 1. The summed E-state index contributed by atoms with van der Waals surface area (Å²) in [7, 11) is -0.578. The number of unbranched alkanes of at least 4 members (excludes halogenated alkanes) is 1. The molecule has 0 aliphatic rings. The molecular formula is C8H15N4O4P. The van der Waals surface area contributed by atoms with E-state index in [1.54, 1.807) is 0 Å². The van der Waals surface area contributed by atoms with Crippen LogP contribution < -0.4 is 11.5 Å². The summed E-state index contributed by atoms with van der Waals surface area (Å²) in [6.45, 7) is 0.396. The van der Waals surface area contributed by atoms with Crippen LogP contribution in [0.3, 0.4) is 0 Å². The first kappa shape index (κ1) is 15.7. The van der Waals surface area contributed by atoms with Crippen LogP contribution in [0.15, 0.2) is 4.99 Å². The van der Waals surface area contributed by atoms with Gasteiger partial charge < -0.3 is 0 Å². The summed E-state index contributed by atoms with van der Waals surface area (Å²) in [5.74, 6) is 0.708. The summed E-state index contributed by atoms with van der Waals surface area (Å²) in [6.07, 6.45) is 1.27. The van der Waals surface area contributed by atoms with Crippen LogP contribution in [0.5, 0.6) is 0 Å². The Morgan fingerprint density at radius 1 is 1.47 bits per heavy atom. The summed E-state index contributed by atoms with van der Waals surface area (Å²) < 4.78 is 10.1. The number of carbonyl (C=O) groups is 1. The van der Waals surface area contributed by atoms with Crippen molar-refractivity contribution < 1.29 is 19.7 Å². The van der Waals surface area contributed by atoms with Crippen LogP contribution in [0.2, 0.25) is 0 Å². The van der Waals surface area contributed by atoms with Crippen LogP contribution in [0.1, 0.15) is 19.3 Å². The molecule has 0 saturated carbocycles. The zero-order chi connectivity index (χ0) is 13.3. The number of hydrogen-bond donors (Lipinski definition) is 4. The van der Waals surface area contributed by atoms with E-state index in [1.807, 2.05) is 5.75 Å². The van der Waals surface area contributed by atoms with Crippen LogP contribution in [0.25, 0.3) is 0 Å². The molecule has 0 rings (SSSR count). The molecule has 0 amide bonds. The number of guanidine groups is 1. The van der Waals surface area contributed by atoms with Crippen molar-refractivity contribution in [1.29, 1.82) is 0 Å². The normalized spacial score (nSPS) is 11.6. The minimum atomic E-state index is -1.22. The zero-order valence-corrected chi connectivity index (χ0v) is 10.0. The molecule has 0 aliphatic heterocycles. The minimum absolute atomic E-state index is 0.0182. The second kappa shape index (κ2) is 8.78. The molecule has 0 heterocycles. The van der Waals surface area contributed by atoms with Crippen molar-refractivity contribution in [2.75, 3.05) is 6.54 Å². The number of rotatable bonds is 7. The van der Waals surface area contributed by atoms with Gasteiger partial charge in [0.2, 0.25) is 0 Å². The topological polar surface area (TPSA) is 142 Å². The van der Waals surface area contributed by atoms with Crippen molar-refractivity contribution in [2.24, 2.45) is 16.5 Å². The van der Waals surface area contributed by atoms with E-state index >= 15 is 0 Å². The van der Waals surface area contributed by atoms with Gasteiger partial charge in [-0.2, -0.15) is 0 Å². The zero-order valence-electron chi connectivity index (χ0n) is 9.11. The Labute approximate surface area is 99.4 Å². The predicted molar refractivity (Wildman–Crippen MR) is 61.1 cm³/mol. The summed E-state index contributed by atoms with van der Waals surface area (Å²) in [6, 6.07) is -1.17. The van der Waals surface area contributed by atoms with E-state index in [0.29, 0.717) is 24.4 Å². The molecule has 9 heteroatoms. The van der Waals surface area contributed by atoms with E-state index in [-0.39, 0.29) is 12.4 Å². The second-order valence-corrected chi connectivity index (χ2v) is 3.57. The van der Waals surface area contributed by atoms with Gasteiger partial charge in [0, 0.05) is 0 Å². The first-order valence-electron chi connectivity index (χ1n) is 4.83. The summed E-state index contributed by atoms with van der Waals surface area (Å²) in [4.78, 5) is 14.5. The molecule has 0 unspecified atom stereocenters. The van der Waals surface area contributed by atoms with E-state index < -0.39 is 19.9 Å². The third-order valence-electron chi connectivity index (χ3n) is 1.90. The predicted octanol–water partition coefficient (Wildman–Crippen LogP) is -0.217. The van der Waals surface area contributed by atoms with Crippen molar-refractivity contribution in [2.45, 2.75) is 25.3 Å². The number of carboxylic acid groups (broad SMARTS) is 1. The van der Waals surface area contributed by atoms with Crippen LogP contribution in [-0.2, 0) is 9.36 Å². The molecule has 0 fully saturated rings. The van der Waals surface area contributed by atoms with Crippen molar-refractivity contribution in [3.8, 4) is 5.75 Å². The van der Waals surface area contributed by atoms with Crippen molar-refractivity contribution >= 4 is 19.8 Å². The molecule has 0 aromatic carbocycles. The molecular weight excluding hydrogens is 247 g/mol. The first-order chi connectivity index (χ1) is 7.99. The Morgan fingerprint density at radius 3 is 2.59 bits per heavy atom. The number of aliphatic imine (C=N–C) groups is 1. The quantitative estimate of drug-likeness (QED) is 0.124. The number of hydrogen-bond acceptors (Lipinski definition) is 5. The second-order valence-electron chi connectivity index (χ2n) is 3.19. The molecule has 6 N–H and O–H groups in total. The molecule has 0 spiro atoms. The molecule has 17 heavy (non-hydrogen) atoms. The van der Waals surface area contributed by atoms with Gasteiger partial charge in [0.25, 0.3) is 0 Å². The fourth-order valence-electron chi connectivity index (χ4n) is 1.12. The fraction of sp³-hybridized carbons (Fsp3) is 0.625. The van der Waals surface area contributed by atoms with Crippen molar-refractivity contribution in [3.05, 3.63) is 0 Å². The van der Waals surface area contributed by atoms with Crippen LogP contribution in [0, 0.1) is 5.75 Å². The number of nitrogens with zero attached hydrogens (tertiary/aromatic N) is 2. The standard InChI is InChI=1S/C8H15N4O4P/c9-8(10)11-4-2-1-3-6(7(13)14)12(15)5-17-16/h6,15H,1-4H2,(H,13,14)(H4,9,10,11)/t6-/m0/s1. The number of hydroxylamine groups is 2. The molecule has 0 bridgehead atoms. The summed E-state index contributed by atoms with van der Waals surface area (Å²) in [5, 5.41) is 18.3. The van der Waals surface area contributed by atoms with E-state index in [0.717, 1.165) is 0 Å². The average molecular weight is 262 g/mol. The molecule has 8 nitrogen and oxygen atoms in total. The Morgan fingerprint density at radius 2 is 2.12 bits per heavy atom. The van der Waals surface area contributed by atoms with Gasteiger partial charge in [-0.1, -0.05) is 0 Å². The summed E-state index contributed by atoms with van der Waals surface area (Å²) >= 11 is 0. The van der Waals surface area contributed by atoms with Crippen molar-refractivity contribution in [3.63, 3.8) is 0 Å². The van der Waals surface area contributed by atoms with E-state index in [9.17, 15) is 14.6 Å². The molecule has 0 aromatic heterocycles. The fourth-order valence-corrected chi connectivity index (χ4v) is 1.34. The summed E-state index contributed by atoms with van der Waals surface area (Å²) in [5.41, 5.74) is 10.2. The molecule has 0 aromatic rings. The molecule has 0 radical (unpaired) electrons. The first-order valence-corrected chi connectivity index (χ1v) is 5.64. The van der Waals surface area contributed by atoms with Gasteiger partial charge in [-0.25, -0.2) is 0 Å². The van der Waals surface area contributed by atoms with Gasteiger partial charge in [-0.05, 0) is 0 Å². The Bertz CT molecular complexity index is 376. The van der Waals surface area contributed by atoms with E-state index in [4.69, 9.17) is 16.6 Å². The third kappa shape index (κ3) is 7.54. The molecule has 96 valence electrons. The Balaban J connectivity index is 4.10. The van der Waals surface area contributed by atoms with Crippen LogP contribution >= 0.6 is 7.92 Å². The van der Waals surface area contributed by atoms with Gasteiger partial charge >= 0.3 is 98.6 Å². The van der Waals surface area contributed by atoms with E-state index in [1.165, 1.54) is 0 Å². The SMILES string of the molecule is NC(N)=NCCCC[C@@H](C(=O)O)N(O)C#P=O. The van der Waals surface area contributed by atoms with Gasteiger partial charge in [0.15, 0.2) is 0 Å². The molecule has 1 atom stereocenters. The maximum atomic E-state index is 10.8. The Kier molecular flexibility index (Phi) is 8.09. The average Bonchev–Trinajstić information content (AvgIpc) is 2.22. The van der Waals surface area contributed by atoms with E-state index in [2.05, 4.69) is 4.99 Å². The molecule has 0 saturated heterocycles. The monoisotopic (exact) mass is 262 g/mol. The maximum absolute atomic E-state index is 10.8. The van der Waals surface area contributed by atoms with Crippen molar-refractivity contribution in [1.82, 2.24) is 5.06 Å². The molecule has 0 aliphatic carbocycles. The van der Waals surface area contributed by atoms with Gasteiger partial charge in [-0.3, -0.25) is 0 Å². The Hall–Kier alpha value is -1.33.